The number of hydrogen-bond acceptors (Lipinski definition) is 5. The summed E-state index contributed by atoms with van der Waals surface area (Å²) in [4.78, 5) is 8.43. The van der Waals surface area contributed by atoms with Crippen LogP contribution < -0.4 is 15.2 Å². The van der Waals surface area contributed by atoms with Gasteiger partial charge >= 0.3 is 0 Å². The zero-order valence-electron chi connectivity index (χ0n) is 10.3. The van der Waals surface area contributed by atoms with Gasteiger partial charge in [-0.05, 0) is 5.56 Å². The van der Waals surface area contributed by atoms with Crippen molar-refractivity contribution < 1.29 is 9.47 Å². The number of nitrogens with zero attached hydrogens (tertiary/aromatic N) is 2. The summed E-state index contributed by atoms with van der Waals surface area (Å²) >= 11 is 0. The van der Waals surface area contributed by atoms with E-state index in [1.807, 2.05) is 30.3 Å². The molecule has 1 heterocycles. The molecule has 2 aromatic rings. The van der Waals surface area contributed by atoms with Crippen LogP contribution in [0.5, 0.6) is 11.8 Å². The van der Waals surface area contributed by atoms with Crippen molar-refractivity contribution >= 4 is 0 Å². The van der Waals surface area contributed by atoms with Crippen molar-refractivity contribution in [2.45, 2.75) is 6.04 Å². The van der Waals surface area contributed by atoms with Gasteiger partial charge in [0, 0.05) is 0 Å². The molecule has 2 rings (SSSR count). The zero-order chi connectivity index (χ0) is 13.0. The molecule has 0 aliphatic carbocycles. The van der Waals surface area contributed by atoms with E-state index in [0.29, 0.717) is 17.5 Å². The molecule has 0 radical (unpaired) electrons. The van der Waals surface area contributed by atoms with Crippen LogP contribution in [0.15, 0.2) is 36.5 Å². The van der Waals surface area contributed by atoms with Gasteiger partial charge in [-0.3, -0.25) is 0 Å². The van der Waals surface area contributed by atoms with Crippen molar-refractivity contribution in [2.75, 3.05) is 14.2 Å². The van der Waals surface area contributed by atoms with Gasteiger partial charge in [0.2, 0.25) is 11.8 Å². The molecule has 1 atom stereocenters. The summed E-state index contributed by atoms with van der Waals surface area (Å²) in [5.41, 5.74) is 7.70. The number of rotatable bonds is 4. The lowest BCUT2D eigenvalue weighted by Crippen LogP contribution is -2.15. The second-order valence-corrected chi connectivity index (χ2v) is 3.70. The first-order chi connectivity index (χ1) is 8.76. The minimum atomic E-state index is -0.375. The first kappa shape index (κ1) is 12.3. The highest BCUT2D eigenvalue weighted by Crippen LogP contribution is 2.26. The Morgan fingerprint density at radius 2 is 1.83 bits per heavy atom. The van der Waals surface area contributed by atoms with E-state index in [-0.39, 0.29) is 6.04 Å². The van der Waals surface area contributed by atoms with Crippen LogP contribution in [0.3, 0.4) is 0 Å². The monoisotopic (exact) mass is 245 g/mol. The Kier molecular flexibility index (Phi) is 3.74. The number of methoxy groups -OCH3 is 2. The lowest BCUT2D eigenvalue weighted by atomic mass is 10.1. The minimum Gasteiger partial charge on any atom is -0.480 e. The lowest BCUT2D eigenvalue weighted by molar-refractivity contribution is 0.355. The van der Waals surface area contributed by atoms with Crippen LogP contribution in [0.25, 0.3) is 0 Å². The molecule has 0 fully saturated rings. The smallest absolute Gasteiger partial charge is 0.240 e. The fourth-order valence-electron chi connectivity index (χ4n) is 1.65. The van der Waals surface area contributed by atoms with Gasteiger partial charge in [-0.25, -0.2) is 4.98 Å². The summed E-state index contributed by atoms with van der Waals surface area (Å²) in [5.74, 6) is 0.779. The third kappa shape index (κ3) is 2.41. The van der Waals surface area contributed by atoms with Crippen molar-refractivity contribution in [3.05, 3.63) is 47.8 Å². The van der Waals surface area contributed by atoms with E-state index in [1.165, 1.54) is 20.4 Å². The SMILES string of the molecule is COc1cnc(C(N)c2ccccc2)c(OC)n1. The summed E-state index contributed by atoms with van der Waals surface area (Å²) in [6.07, 6.45) is 1.53. The number of ether oxygens (including phenoxy) is 2. The third-order valence-electron chi connectivity index (χ3n) is 2.60. The highest BCUT2D eigenvalue weighted by molar-refractivity contribution is 5.33. The number of nitrogens with two attached hydrogens (primary N) is 1. The second kappa shape index (κ2) is 5.46. The van der Waals surface area contributed by atoms with Crippen molar-refractivity contribution in [3.8, 4) is 11.8 Å². The fraction of sp³-hybridized carbons (Fsp3) is 0.231. The molecule has 0 saturated heterocycles. The van der Waals surface area contributed by atoms with Gasteiger partial charge < -0.3 is 15.2 Å². The maximum absolute atomic E-state index is 6.16. The molecule has 1 unspecified atom stereocenters. The van der Waals surface area contributed by atoms with Crippen LogP contribution in [0, 0.1) is 0 Å². The predicted molar refractivity (Wildman–Crippen MR) is 67.6 cm³/mol. The first-order valence-corrected chi connectivity index (χ1v) is 5.51. The molecule has 1 aromatic carbocycles. The van der Waals surface area contributed by atoms with E-state index in [0.717, 1.165) is 5.56 Å². The Bertz CT molecular complexity index is 517. The van der Waals surface area contributed by atoms with Gasteiger partial charge in [-0.1, -0.05) is 30.3 Å². The second-order valence-electron chi connectivity index (χ2n) is 3.70. The molecular weight excluding hydrogens is 230 g/mol. The van der Waals surface area contributed by atoms with E-state index in [1.54, 1.807) is 0 Å². The Balaban J connectivity index is 2.38. The minimum absolute atomic E-state index is 0.375. The molecule has 0 bridgehead atoms. The average molecular weight is 245 g/mol. The van der Waals surface area contributed by atoms with Crippen molar-refractivity contribution in [1.29, 1.82) is 0 Å². The number of aromatic nitrogens is 2. The van der Waals surface area contributed by atoms with Crippen LogP contribution in [0.2, 0.25) is 0 Å². The molecule has 94 valence electrons. The van der Waals surface area contributed by atoms with Crippen molar-refractivity contribution in [3.63, 3.8) is 0 Å². The Labute approximate surface area is 106 Å². The van der Waals surface area contributed by atoms with Crippen LogP contribution in [0.1, 0.15) is 17.3 Å². The largest absolute Gasteiger partial charge is 0.480 e. The summed E-state index contributed by atoms with van der Waals surface area (Å²) in [6.45, 7) is 0. The van der Waals surface area contributed by atoms with Gasteiger partial charge in [0.15, 0.2) is 0 Å². The first-order valence-electron chi connectivity index (χ1n) is 5.51. The molecule has 2 N–H and O–H groups in total. The lowest BCUT2D eigenvalue weighted by Gasteiger charge is -2.14. The maximum Gasteiger partial charge on any atom is 0.240 e. The molecule has 5 heteroatoms. The molecule has 0 saturated carbocycles. The van der Waals surface area contributed by atoms with Gasteiger partial charge in [0.05, 0.1) is 26.5 Å². The third-order valence-corrected chi connectivity index (χ3v) is 2.60. The van der Waals surface area contributed by atoms with E-state index >= 15 is 0 Å². The normalized spacial score (nSPS) is 11.9. The topological polar surface area (TPSA) is 70.3 Å². The number of benzene rings is 1. The average Bonchev–Trinajstić information content (AvgIpc) is 2.46. The van der Waals surface area contributed by atoms with Crippen LogP contribution in [-0.2, 0) is 0 Å². The Morgan fingerprint density at radius 3 is 2.44 bits per heavy atom. The Hall–Kier alpha value is -2.14. The quantitative estimate of drug-likeness (QED) is 0.884. The molecule has 1 aromatic heterocycles. The maximum atomic E-state index is 6.16. The van der Waals surface area contributed by atoms with Gasteiger partial charge in [-0.15, -0.1) is 0 Å². The van der Waals surface area contributed by atoms with E-state index in [4.69, 9.17) is 15.2 Å². The van der Waals surface area contributed by atoms with E-state index in [2.05, 4.69) is 9.97 Å². The molecule has 0 aliphatic rings. The summed E-state index contributed by atoms with van der Waals surface area (Å²) in [6, 6.07) is 9.30. The standard InChI is InChI=1S/C13H15N3O2/c1-17-10-8-15-12(13(16-10)18-2)11(14)9-6-4-3-5-7-9/h3-8,11H,14H2,1-2H3. The van der Waals surface area contributed by atoms with Gasteiger partial charge in [-0.2, -0.15) is 4.98 Å². The van der Waals surface area contributed by atoms with Crippen molar-refractivity contribution in [1.82, 2.24) is 9.97 Å². The number of hydrogen-bond donors (Lipinski definition) is 1. The molecule has 0 amide bonds. The van der Waals surface area contributed by atoms with Crippen LogP contribution >= 0.6 is 0 Å². The fourth-order valence-corrected chi connectivity index (χ4v) is 1.65. The highest BCUT2D eigenvalue weighted by atomic mass is 16.5. The Morgan fingerprint density at radius 1 is 1.11 bits per heavy atom. The van der Waals surface area contributed by atoms with Crippen LogP contribution in [0.4, 0.5) is 0 Å². The summed E-state index contributed by atoms with van der Waals surface area (Å²) in [7, 11) is 3.06. The molecular formula is C13H15N3O2. The van der Waals surface area contributed by atoms with Crippen LogP contribution in [-0.4, -0.2) is 24.2 Å². The summed E-state index contributed by atoms with van der Waals surface area (Å²) in [5, 5.41) is 0. The summed E-state index contributed by atoms with van der Waals surface area (Å²) < 4.78 is 10.2. The van der Waals surface area contributed by atoms with Gasteiger partial charge in [0.25, 0.3) is 0 Å². The van der Waals surface area contributed by atoms with Gasteiger partial charge in [0.1, 0.15) is 5.69 Å². The molecule has 0 spiro atoms. The van der Waals surface area contributed by atoms with E-state index < -0.39 is 0 Å². The highest BCUT2D eigenvalue weighted by Gasteiger charge is 2.17. The predicted octanol–water partition coefficient (Wildman–Crippen LogP) is 1.54. The van der Waals surface area contributed by atoms with Crippen molar-refractivity contribution in [2.24, 2.45) is 5.73 Å². The molecule has 5 nitrogen and oxygen atoms in total. The van der Waals surface area contributed by atoms with E-state index in [9.17, 15) is 0 Å². The zero-order valence-corrected chi connectivity index (χ0v) is 10.3. The molecule has 18 heavy (non-hydrogen) atoms. The molecule has 0 aliphatic heterocycles.